The van der Waals surface area contributed by atoms with Crippen molar-refractivity contribution in [3.63, 3.8) is 0 Å². The first-order valence-electron chi connectivity index (χ1n) is 4.51. The van der Waals surface area contributed by atoms with Crippen LogP contribution in [0.25, 0.3) is 6.08 Å². The largest absolute Gasteiger partial charge is 0.423 e. The van der Waals surface area contributed by atoms with Crippen molar-refractivity contribution in [2.45, 2.75) is 0 Å². The molecule has 1 aromatic carbocycles. The van der Waals surface area contributed by atoms with Gasteiger partial charge in [0.15, 0.2) is 0 Å². The normalized spacial score (nSPS) is 16.5. The second-order valence-electron chi connectivity index (χ2n) is 3.15. The van der Waals surface area contributed by atoms with Gasteiger partial charge in [-0.25, -0.2) is 4.79 Å². The minimum absolute atomic E-state index is 0.00246. The van der Waals surface area contributed by atoms with Crippen molar-refractivity contribution < 1.29 is 14.5 Å². The van der Waals surface area contributed by atoms with Crippen molar-refractivity contribution in [2.24, 2.45) is 0 Å². The SMILES string of the molecule is O=C1C=C/C(=C/c2cccc([N+](=O)[O-])c2)O1. The van der Waals surface area contributed by atoms with Gasteiger partial charge in [-0.15, -0.1) is 0 Å². The third kappa shape index (κ3) is 2.14. The quantitative estimate of drug-likeness (QED) is 0.432. The van der Waals surface area contributed by atoms with Gasteiger partial charge in [0.25, 0.3) is 5.69 Å². The van der Waals surface area contributed by atoms with Gasteiger partial charge in [-0.05, 0) is 17.7 Å². The van der Waals surface area contributed by atoms with Crippen LogP contribution in [0.15, 0.2) is 42.2 Å². The number of carbonyl (C=O) groups is 1. The van der Waals surface area contributed by atoms with Crippen molar-refractivity contribution in [1.82, 2.24) is 0 Å². The molecule has 2 rings (SSSR count). The molecule has 0 radical (unpaired) electrons. The van der Waals surface area contributed by atoms with Crippen LogP contribution in [0, 0.1) is 10.1 Å². The number of nitrogens with zero attached hydrogens (tertiary/aromatic N) is 1. The van der Waals surface area contributed by atoms with Gasteiger partial charge in [0, 0.05) is 18.2 Å². The number of nitro groups is 1. The Labute approximate surface area is 90.8 Å². The van der Waals surface area contributed by atoms with Crippen LogP contribution in [0.1, 0.15) is 5.56 Å². The van der Waals surface area contributed by atoms with E-state index >= 15 is 0 Å². The lowest BCUT2D eigenvalue weighted by Gasteiger charge is -1.97. The number of esters is 1. The van der Waals surface area contributed by atoms with E-state index in [1.807, 2.05) is 0 Å². The number of non-ortho nitro benzene ring substituents is 1. The molecule has 0 fully saturated rings. The smallest absolute Gasteiger partial charge is 0.336 e. The summed E-state index contributed by atoms with van der Waals surface area (Å²) in [7, 11) is 0. The van der Waals surface area contributed by atoms with Crippen LogP contribution in [0.4, 0.5) is 5.69 Å². The molecule has 5 heteroatoms. The molecule has 1 aromatic rings. The summed E-state index contributed by atoms with van der Waals surface area (Å²) in [6, 6.07) is 6.08. The van der Waals surface area contributed by atoms with Gasteiger partial charge in [0.1, 0.15) is 5.76 Å². The molecular formula is C11H7NO4. The summed E-state index contributed by atoms with van der Waals surface area (Å²) in [6.07, 6.45) is 4.37. The van der Waals surface area contributed by atoms with Gasteiger partial charge in [-0.1, -0.05) is 12.1 Å². The lowest BCUT2D eigenvalue weighted by molar-refractivity contribution is -0.384. The van der Waals surface area contributed by atoms with E-state index in [-0.39, 0.29) is 5.69 Å². The third-order valence-corrected chi connectivity index (χ3v) is 1.99. The van der Waals surface area contributed by atoms with Crippen LogP contribution < -0.4 is 0 Å². The lowest BCUT2D eigenvalue weighted by atomic mass is 10.2. The highest BCUT2D eigenvalue weighted by Gasteiger charge is 2.10. The molecule has 0 atom stereocenters. The Morgan fingerprint density at radius 2 is 2.12 bits per heavy atom. The van der Waals surface area contributed by atoms with Crippen LogP contribution in [0.2, 0.25) is 0 Å². The number of allylic oxidation sites excluding steroid dienone is 1. The number of rotatable bonds is 2. The minimum Gasteiger partial charge on any atom is -0.423 e. The fourth-order valence-corrected chi connectivity index (χ4v) is 1.30. The minimum atomic E-state index is -0.474. The molecule has 0 aromatic heterocycles. The van der Waals surface area contributed by atoms with E-state index in [4.69, 9.17) is 4.74 Å². The number of nitro benzene ring substituents is 1. The Morgan fingerprint density at radius 3 is 2.75 bits per heavy atom. The molecule has 16 heavy (non-hydrogen) atoms. The number of hydrogen-bond donors (Lipinski definition) is 0. The topological polar surface area (TPSA) is 69.4 Å². The maximum absolute atomic E-state index is 10.8. The zero-order valence-corrected chi connectivity index (χ0v) is 8.12. The molecule has 1 aliphatic rings. The number of hydrogen-bond acceptors (Lipinski definition) is 4. The molecule has 1 aliphatic heterocycles. The van der Waals surface area contributed by atoms with E-state index in [9.17, 15) is 14.9 Å². The Balaban J connectivity index is 2.28. The molecular weight excluding hydrogens is 210 g/mol. The standard InChI is InChI=1S/C11H7NO4/c13-11-5-4-10(16-11)7-8-2-1-3-9(6-8)12(14)15/h1-7H/b10-7-. The summed E-state index contributed by atoms with van der Waals surface area (Å²) in [5.74, 6) is -0.0535. The average Bonchev–Trinajstić information content (AvgIpc) is 2.64. The van der Waals surface area contributed by atoms with Crippen molar-refractivity contribution in [1.29, 1.82) is 0 Å². The highest BCUT2D eigenvalue weighted by atomic mass is 16.6. The number of cyclic esters (lactones) is 1. The lowest BCUT2D eigenvalue weighted by Crippen LogP contribution is -1.91. The van der Waals surface area contributed by atoms with Crippen LogP contribution in [-0.4, -0.2) is 10.9 Å². The molecule has 0 saturated carbocycles. The summed E-state index contributed by atoms with van der Waals surface area (Å²) >= 11 is 0. The summed E-state index contributed by atoms with van der Waals surface area (Å²) in [5, 5.41) is 10.5. The first kappa shape index (κ1) is 10.1. The molecule has 0 bridgehead atoms. The van der Waals surface area contributed by atoms with Gasteiger partial charge in [-0.2, -0.15) is 0 Å². The van der Waals surface area contributed by atoms with E-state index in [2.05, 4.69) is 0 Å². The van der Waals surface area contributed by atoms with Crippen LogP contribution >= 0.6 is 0 Å². The second kappa shape index (κ2) is 3.98. The third-order valence-electron chi connectivity index (χ3n) is 1.99. The van der Waals surface area contributed by atoms with E-state index in [1.54, 1.807) is 18.2 Å². The summed E-state index contributed by atoms with van der Waals surface area (Å²) in [5.41, 5.74) is 0.617. The molecule has 0 aliphatic carbocycles. The molecule has 5 nitrogen and oxygen atoms in total. The van der Waals surface area contributed by atoms with Crippen LogP contribution in [-0.2, 0) is 9.53 Å². The van der Waals surface area contributed by atoms with Gasteiger partial charge in [0.05, 0.1) is 4.92 Å². The van der Waals surface area contributed by atoms with E-state index in [0.29, 0.717) is 11.3 Å². The molecule has 0 unspecified atom stereocenters. The van der Waals surface area contributed by atoms with Gasteiger partial charge in [-0.3, -0.25) is 10.1 Å². The average molecular weight is 217 g/mol. The van der Waals surface area contributed by atoms with E-state index in [0.717, 1.165) is 0 Å². The van der Waals surface area contributed by atoms with Crippen molar-refractivity contribution in [3.05, 3.63) is 57.9 Å². The Morgan fingerprint density at radius 1 is 1.31 bits per heavy atom. The zero-order chi connectivity index (χ0) is 11.5. The molecule has 1 heterocycles. The first-order valence-corrected chi connectivity index (χ1v) is 4.51. The molecule has 0 amide bonds. The van der Waals surface area contributed by atoms with E-state index < -0.39 is 10.9 Å². The fourth-order valence-electron chi connectivity index (χ4n) is 1.30. The van der Waals surface area contributed by atoms with Crippen LogP contribution in [0.3, 0.4) is 0 Å². The number of benzene rings is 1. The van der Waals surface area contributed by atoms with Crippen molar-refractivity contribution in [3.8, 4) is 0 Å². The number of ether oxygens (including phenoxy) is 1. The van der Waals surface area contributed by atoms with Crippen molar-refractivity contribution in [2.75, 3.05) is 0 Å². The van der Waals surface area contributed by atoms with Crippen molar-refractivity contribution >= 4 is 17.7 Å². The zero-order valence-electron chi connectivity index (χ0n) is 8.12. The Hall–Kier alpha value is -2.43. The molecule has 80 valence electrons. The highest BCUT2D eigenvalue weighted by Crippen LogP contribution is 2.18. The maximum Gasteiger partial charge on any atom is 0.336 e. The summed E-state index contributed by atoms with van der Waals surface area (Å²) in [6.45, 7) is 0. The van der Waals surface area contributed by atoms with Crippen LogP contribution in [0.5, 0.6) is 0 Å². The highest BCUT2D eigenvalue weighted by molar-refractivity contribution is 5.87. The molecule has 0 saturated heterocycles. The van der Waals surface area contributed by atoms with E-state index in [1.165, 1.54) is 24.3 Å². The molecule has 0 N–H and O–H groups in total. The fraction of sp³-hybridized carbons (Fsp3) is 0. The monoisotopic (exact) mass is 217 g/mol. The summed E-state index contributed by atoms with van der Waals surface area (Å²) < 4.78 is 4.81. The predicted molar refractivity (Wildman–Crippen MR) is 56.3 cm³/mol. The second-order valence-corrected chi connectivity index (χ2v) is 3.15. The Bertz CT molecular complexity index is 516. The van der Waals surface area contributed by atoms with Gasteiger partial charge < -0.3 is 4.74 Å². The van der Waals surface area contributed by atoms with Gasteiger partial charge in [0.2, 0.25) is 0 Å². The van der Waals surface area contributed by atoms with Gasteiger partial charge >= 0.3 is 5.97 Å². The first-order chi connectivity index (χ1) is 7.65. The Kier molecular flexibility index (Phi) is 2.51. The number of carbonyl (C=O) groups excluding carboxylic acids is 1. The molecule has 0 spiro atoms. The predicted octanol–water partition coefficient (Wildman–Crippen LogP) is 2.05. The summed E-state index contributed by atoms with van der Waals surface area (Å²) in [4.78, 5) is 20.8. The maximum atomic E-state index is 10.8.